The molecule has 0 radical (unpaired) electrons. The van der Waals surface area contributed by atoms with Crippen molar-refractivity contribution >= 4 is 38.6 Å². The van der Waals surface area contributed by atoms with E-state index in [-0.39, 0.29) is 15.4 Å². The summed E-state index contributed by atoms with van der Waals surface area (Å²) in [6.45, 7) is 15.3. The molecule has 0 saturated heterocycles. The fourth-order valence-electron chi connectivity index (χ4n) is 5.24. The molecule has 190 valence electrons. The molecule has 0 aromatic carbocycles. The molecule has 9 heteroatoms. The van der Waals surface area contributed by atoms with E-state index in [0.29, 0.717) is 18.3 Å². The van der Waals surface area contributed by atoms with E-state index in [4.69, 9.17) is 0 Å². The second-order valence-electron chi connectivity index (χ2n) is 9.02. The fourth-order valence-corrected chi connectivity index (χ4v) is 7.09. The van der Waals surface area contributed by atoms with Crippen LogP contribution in [0.5, 0.6) is 0 Å². The van der Waals surface area contributed by atoms with Crippen LogP contribution < -0.4 is 5.32 Å². The van der Waals surface area contributed by atoms with Crippen molar-refractivity contribution in [3.8, 4) is 0 Å². The Bertz CT molecular complexity index is 839. The topological polar surface area (TPSA) is 101 Å². The maximum Gasteiger partial charge on any atom is 0.311 e. The molecule has 0 fully saturated rings. The minimum absolute atomic E-state index is 0.154. The Hall–Kier alpha value is -1.35. The normalized spacial score (nSPS) is 16.9. The van der Waals surface area contributed by atoms with E-state index < -0.39 is 10.0 Å². The number of nitrogens with zero attached hydrogens (tertiary/aromatic N) is 3. The summed E-state index contributed by atoms with van der Waals surface area (Å²) in [5.41, 5.74) is 0. The summed E-state index contributed by atoms with van der Waals surface area (Å²) in [4.78, 5) is 11.1. The zero-order valence-corrected chi connectivity index (χ0v) is 23.1. The smallest absolute Gasteiger partial charge is 0.301 e. The van der Waals surface area contributed by atoms with Crippen LogP contribution in [0.25, 0.3) is 0 Å². The van der Waals surface area contributed by atoms with Gasteiger partial charge in [-0.25, -0.2) is 0 Å². The molecule has 0 spiro atoms. The van der Waals surface area contributed by atoms with E-state index in [1.165, 1.54) is 38.8 Å². The first-order valence-corrected chi connectivity index (χ1v) is 14.8. The van der Waals surface area contributed by atoms with Crippen molar-refractivity contribution in [2.45, 2.75) is 104 Å². The Balaban J connectivity index is 2.74. The molecule has 5 atom stereocenters. The van der Waals surface area contributed by atoms with E-state index in [9.17, 15) is 13.2 Å². The fraction of sp³-hybridized carbons (Fsp3) is 0.833. The van der Waals surface area contributed by atoms with Crippen molar-refractivity contribution in [1.29, 1.82) is 0 Å². The van der Waals surface area contributed by atoms with Crippen LogP contribution in [0, 0.1) is 29.6 Å². The predicted molar refractivity (Wildman–Crippen MR) is 138 cm³/mol. The molecule has 0 aliphatic heterocycles. The highest BCUT2D eigenvalue weighted by molar-refractivity contribution is 7.92. The van der Waals surface area contributed by atoms with Gasteiger partial charge < -0.3 is 5.32 Å². The Morgan fingerprint density at radius 2 is 1.64 bits per heavy atom. The number of sulfonamides is 1. The van der Waals surface area contributed by atoms with Crippen LogP contribution in [0.1, 0.15) is 99.8 Å². The van der Waals surface area contributed by atoms with Gasteiger partial charge in [-0.3, -0.25) is 4.79 Å². The van der Waals surface area contributed by atoms with Gasteiger partial charge in [0.25, 0.3) is 4.34 Å². The van der Waals surface area contributed by atoms with E-state index in [1.807, 2.05) is 0 Å². The summed E-state index contributed by atoms with van der Waals surface area (Å²) in [6, 6.07) is 0. The van der Waals surface area contributed by atoms with E-state index in [0.717, 1.165) is 48.4 Å². The minimum atomic E-state index is -3.88. The summed E-state index contributed by atoms with van der Waals surface area (Å²) in [5.74, 6) is 3.27. The number of amides is 1. The highest BCUT2D eigenvalue weighted by Crippen LogP contribution is 2.41. The van der Waals surface area contributed by atoms with Gasteiger partial charge in [-0.15, -0.1) is 10.2 Å². The molecule has 1 heterocycles. The highest BCUT2D eigenvalue weighted by atomic mass is 32.2. The lowest BCUT2D eigenvalue weighted by Gasteiger charge is -2.39. The average Bonchev–Trinajstić information content (AvgIpc) is 3.25. The molecule has 7 nitrogen and oxygen atoms in total. The molecule has 0 aliphatic rings. The third-order valence-electron chi connectivity index (χ3n) is 7.05. The van der Waals surface area contributed by atoms with Crippen molar-refractivity contribution in [1.82, 2.24) is 10.2 Å². The van der Waals surface area contributed by atoms with Crippen LogP contribution >= 0.6 is 11.3 Å². The van der Waals surface area contributed by atoms with E-state index in [1.54, 1.807) is 0 Å². The minimum Gasteiger partial charge on any atom is -0.301 e. The van der Waals surface area contributed by atoms with Crippen LogP contribution in [0.4, 0.5) is 5.13 Å². The molecule has 1 aromatic rings. The molecule has 0 saturated carbocycles. The van der Waals surface area contributed by atoms with E-state index >= 15 is 0 Å². The van der Waals surface area contributed by atoms with Crippen LogP contribution in [-0.4, -0.2) is 30.7 Å². The summed E-state index contributed by atoms with van der Waals surface area (Å²) in [7, 11) is -3.88. The van der Waals surface area contributed by atoms with Crippen LogP contribution in [-0.2, 0) is 14.8 Å². The third kappa shape index (κ3) is 9.08. The molecular weight excluding hydrogens is 456 g/mol. The van der Waals surface area contributed by atoms with Crippen molar-refractivity contribution in [2.75, 3.05) is 5.32 Å². The lowest BCUT2D eigenvalue weighted by Crippen LogP contribution is -2.31. The lowest BCUT2D eigenvalue weighted by molar-refractivity contribution is -0.114. The third-order valence-corrected chi connectivity index (χ3v) is 9.52. The monoisotopic (exact) mass is 500 g/mol. The molecule has 0 aliphatic carbocycles. The van der Waals surface area contributed by atoms with Crippen LogP contribution in [0.2, 0.25) is 0 Å². The van der Waals surface area contributed by atoms with Gasteiger partial charge in [-0.05, 0) is 48.9 Å². The first kappa shape index (κ1) is 29.7. The van der Waals surface area contributed by atoms with Gasteiger partial charge >= 0.3 is 10.0 Å². The van der Waals surface area contributed by atoms with Crippen molar-refractivity contribution < 1.29 is 13.2 Å². The number of carbonyl (C=O) groups excluding carboxylic acids is 1. The standard InChI is InChI=1S/C24H44N4O3S2/c1-8-17(6)20(10-3)22(12-5)21(11-4)19(9-2)15-13-14-16-25-33(30,31)24-28-27-23(32-24)26-18(7)29/h16-17,19-22H,8-15H2,1-7H3,(H,26,27,29). The molecule has 1 N–H and O–H groups in total. The summed E-state index contributed by atoms with van der Waals surface area (Å²) in [6.07, 6.45) is 10.1. The quantitative estimate of drug-likeness (QED) is 0.157. The second kappa shape index (κ2) is 14.8. The molecule has 33 heavy (non-hydrogen) atoms. The SMILES string of the molecule is CCC(C)C(CC)C(CC)C(CC)C(CC)CCCC=NS(=O)(=O)c1nnc(NC(C)=O)s1. The number of carbonyl (C=O) groups is 1. The molecule has 1 amide bonds. The Labute approximate surface area is 205 Å². The molecule has 0 bridgehead atoms. The van der Waals surface area contributed by atoms with Crippen molar-refractivity contribution in [2.24, 2.45) is 34.0 Å². The molecule has 1 rings (SSSR count). The number of hydrogen-bond donors (Lipinski definition) is 1. The van der Waals surface area contributed by atoms with Gasteiger partial charge in [0.2, 0.25) is 11.0 Å². The predicted octanol–water partition coefficient (Wildman–Crippen LogP) is 6.58. The first-order chi connectivity index (χ1) is 15.6. The number of rotatable bonds is 16. The first-order valence-electron chi connectivity index (χ1n) is 12.5. The Kier molecular flexibility index (Phi) is 13.3. The van der Waals surface area contributed by atoms with Gasteiger partial charge in [0.15, 0.2) is 0 Å². The summed E-state index contributed by atoms with van der Waals surface area (Å²) < 4.78 is 28.3. The van der Waals surface area contributed by atoms with Crippen molar-refractivity contribution in [3.05, 3.63) is 0 Å². The van der Waals surface area contributed by atoms with Gasteiger partial charge in [0.05, 0.1) is 0 Å². The van der Waals surface area contributed by atoms with Gasteiger partial charge in [0.1, 0.15) is 0 Å². The summed E-state index contributed by atoms with van der Waals surface area (Å²) in [5, 5.41) is 9.91. The number of hydrogen-bond acceptors (Lipinski definition) is 6. The maximum absolute atomic E-state index is 12.4. The summed E-state index contributed by atoms with van der Waals surface area (Å²) >= 11 is 0.806. The Morgan fingerprint density at radius 1 is 1.00 bits per heavy atom. The van der Waals surface area contributed by atoms with Crippen LogP contribution in [0.3, 0.4) is 0 Å². The molecular formula is C24H44N4O3S2. The zero-order chi connectivity index (χ0) is 25.0. The van der Waals surface area contributed by atoms with Gasteiger partial charge in [0, 0.05) is 13.1 Å². The zero-order valence-electron chi connectivity index (χ0n) is 21.5. The molecule has 5 unspecified atom stereocenters. The van der Waals surface area contributed by atoms with E-state index in [2.05, 4.69) is 61.5 Å². The number of aromatic nitrogens is 2. The number of nitrogens with one attached hydrogen (secondary N) is 1. The average molecular weight is 501 g/mol. The number of anilines is 1. The lowest BCUT2D eigenvalue weighted by atomic mass is 9.66. The highest BCUT2D eigenvalue weighted by Gasteiger charge is 2.32. The van der Waals surface area contributed by atoms with Gasteiger partial charge in [-0.2, -0.15) is 12.8 Å². The maximum atomic E-state index is 12.4. The largest absolute Gasteiger partial charge is 0.311 e. The Morgan fingerprint density at radius 3 is 2.15 bits per heavy atom. The molecule has 1 aromatic heterocycles. The number of unbranched alkanes of at least 4 members (excludes halogenated alkanes) is 1. The van der Waals surface area contributed by atoms with Crippen molar-refractivity contribution in [3.63, 3.8) is 0 Å². The second-order valence-corrected chi connectivity index (χ2v) is 11.8. The van der Waals surface area contributed by atoms with Gasteiger partial charge in [-0.1, -0.05) is 85.0 Å². The van der Waals surface area contributed by atoms with Crippen LogP contribution in [0.15, 0.2) is 8.74 Å².